The number of nitrogens with two attached hydrogens (primary N) is 1. The highest BCUT2D eigenvalue weighted by Crippen LogP contribution is 2.28. The Labute approximate surface area is 94.8 Å². The molecule has 0 aliphatic carbocycles. The molecule has 0 fully saturated rings. The Morgan fingerprint density at radius 2 is 2.00 bits per heavy atom. The fourth-order valence-electron chi connectivity index (χ4n) is 1.35. The average molecular weight is 250 g/mol. The molecule has 0 radical (unpaired) electrons. The Hall–Kier alpha value is -1.79. The minimum Gasteiger partial charge on any atom is -0.396 e. The summed E-state index contributed by atoms with van der Waals surface area (Å²) >= 11 is 0. The van der Waals surface area contributed by atoms with Gasteiger partial charge in [0.25, 0.3) is 5.91 Å². The number of carbonyl (C=O) groups is 1. The number of nitrogens with zero attached hydrogens (tertiary/aromatic N) is 1. The Morgan fingerprint density at radius 3 is 2.47 bits per heavy atom. The van der Waals surface area contributed by atoms with E-state index in [1.807, 2.05) is 0 Å². The van der Waals surface area contributed by atoms with Gasteiger partial charge >= 0.3 is 6.43 Å². The molecule has 0 atom stereocenters. The van der Waals surface area contributed by atoms with Crippen LogP contribution in [0.5, 0.6) is 0 Å². The highest BCUT2D eigenvalue weighted by Gasteiger charge is 2.28. The van der Waals surface area contributed by atoms with Gasteiger partial charge in [-0.1, -0.05) is 0 Å². The molecule has 0 saturated heterocycles. The van der Waals surface area contributed by atoms with Gasteiger partial charge in [0.2, 0.25) is 0 Å². The molecular formula is C10H10F4N2O. The van der Waals surface area contributed by atoms with Crippen molar-refractivity contribution in [1.82, 2.24) is 0 Å². The molecule has 0 aromatic heterocycles. The van der Waals surface area contributed by atoms with E-state index < -0.39 is 35.3 Å². The van der Waals surface area contributed by atoms with Gasteiger partial charge in [-0.15, -0.1) is 0 Å². The third-order valence-corrected chi connectivity index (χ3v) is 2.14. The predicted molar refractivity (Wildman–Crippen MR) is 54.8 cm³/mol. The van der Waals surface area contributed by atoms with Gasteiger partial charge < -0.3 is 10.6 Å². The first-order valence-electron chi connectivity index (χ1n) is 4.73. The van der Waals surface area contributed by atoms with Crippen molar-refractivity contribution >= 4 is 17.3 Å². The SMILES string of the molecule is CCN(C(=O)C(F)F)c1c(F)ccc(N)c1F. The van der Waals surface area contributed by atoms with Crippen LogP contribution in [0, 0.1) is 11.6 Å². The first kappa shape index (κ1) is 13.3. The maximum Gasteiger partial charge on any atom is 0.316 e. The number of nitrogen functional groups attached to an aromatic ring is 1. The lowest BCUT2D eigenvalue weighted by atomic mass is 10.2. The average Bonchev–Trinajstić information content (AvgIpc) is 2.28. The zero-order valence-corrected chi connectivity index (χ0v) is 8.88. The molecule has 1 rings (SSSR count). The van der Waals surface area contributed by atoms with Crippen LogP contribution in [0.4, 0.5) is 28.9 Å². The van der Waals surface area contributed by atoms with E-state index in [9.17, 15) is 22.4 Å². The zero-order valence-electron chi connectivity index (χ0n) is 8.88. The fourth-order valence-corrected chi connectivity index (χ4v) is 1.35. The summed E-state index contributed by atoms with van der Waals surface area (Å²) in [7, 11) is 0. The van der Waals surface area contributed by atoms with Crippen LogP contribution in [0.2, 0.25) is 0 Å². The number of carbonyl (C=O) groups excluding carboxylic acids is 1. The van der Waals surface area contributed by atoms with Crippen molar-refractivity contribution in [2.45, 2.75) is 13.3 Å². The molecule has 0 aliphatic rings. The van der Waals surface area contributed by atoms with Crippen molar-refractivity contribution in [2.24, 2.45) is 0 Å². The van der Waals surface area contributed by atoms with Crippen LogP contribution >= 0.6 is 0 Å². The molecular weight excluding hydrogens is 240 g/mol. The predicted octanol–water partition coefficient (Wildman–Crippen LogP) is 2.17. The Balaban J connectivity index is 3.30. The van der Waals surface area contributed by atoms with E-state index >= 15 is 0 Å². The number of hydrogen-bond donors (Lipinski definition) is 1. The van der Waals surface area contributed by atoms with Gasteiger partial charge in [-0.2, -0.15) is 8.78 Å². The number of benzene rings is 1. The second-order valence-corrected chi connectivity index (χ2v) is 3.18. The summed E-state index contributed by atoms with van der Waals surface area (Å²) in [5.41, 5.74) is 3.93. The van der Waals surface area contributed by atoms with Crippen LogP contribution in [0.15, 0.2) is 12.1 Å². The maximum atomic E-state index is 13.5. The monoisotopic (exact) mass is 250 g/mol. The van der Waals surface area contributed by atoms with Crippen molar-refractivity contribution < 1.29 is 22.4 Å². The minimum absolute atomic E-state index is 0.291. The molecule has 0 bridgehead atoms. The summed E-state index contributed by atoms with van der Waals surface area (Å²) < 4.78 is 51.4. The summed E-state index contributed by atoms with van der Waals surface area (Å²) in [5.74, 6) is -4.01. The second-order valence-electron chi connectivity index (χ2n) is 3.18. The van der Waals surface area contributed by atoms with Crippen molar-refractivity contribution in [3.63, 3.8) is 0 Å². The molecule has 0 unspecified atom stereocenters. The lowest BCUT2D eigenvalue weighted by Gasteiger charge is -2.22. The Bertz CT molecular complexity index is 437. The van der Waals surface area contributed by atoms with Gasteiger partial charge in [-0.25, -0.2) is 8.78 Å². The van der Waals surface area contributed by atoms with E-state index in [-0.39, 0.29) is 6.54 Å². The van der Waals surface area contributed by atoms with Gasteiger partial charge in [0, 0.05) is 6.54 Å². The standard InChI is InChI=1S/C10H10F4N2O/c1-2-16(10(17)9(13)14)8-5(11)3-4-6(15)7(8)12/h3-4,9H,2,15H2,1H3. The molecule has 17 heavy (non-hydrogen) atoms. The van der Waals surface area contributed by atoms with E-state index in [0.29, 0.717) is 4.90 Å². The Kier molecular flexibility index (Phi) is 3.93. The lowest BCUT2D eigenvalue weighted by molar-refractivity contribution is -0.129. The number of hydrogen-bond acceptors (Lipinski definition) is 2. The van der Waals surface area contributed by atoms with Gasteiger partial charge in [-0.3, -0.25) is 4.79 Å². The lowest BCUT2D eigenvalue weighted by Crippen LogP contribution is -2.36. The summed E-state index contributed by atoms with van der Waals surface area (Å²) in [5, 5.41) is 0. The van der Waals surface area contributed by atoms with E-state index in [1.165, 1.54) is 6.92 Å². The minimum atomic E-state index is -3.34. The molecule has 0 saturated carbocycles. The number of alkyl halides is 2. The number of halogens is 4. The number of amides is 1. The molecule has 0 aliphatic heterocycles. The van der Waals surface area contributed by atoms with Crippen LogP contribution in [-0.2, 0) is 4.79 Å². The van der Waals surface area contributed by atoms with Gasteiger partial charge in [0.15, 0.2) is 5.82 Å². The third-order valence-electron chi connectivity index (χ3n) is 2.14. The van der Waals surface area contributed by atoms with Crippen molar-refractivity contribution in [3.8, 4) is 0 Å². The fraction of sp³-hybridized carbons (Fsp3) is 0.300. The van der Waals surface area contributed by atoms with Gasteiger partial charge in [-0.05, 0) is 19.1 Å². The van der Waals surface area contributed by atoms with Crippen LogP contribution in [0.25, 0.3) is 0 Å². The quantitative estimate of drug-likeness (QED) is 0.660. The van der Waals surface area contributed by atoms with Crippen molar-refractivity contribution in [2.75, 3.05) is 17.2 Å². The molecule has 0 heterocycles. The maximum absolute atomic E-state index is 13.5. The normalized spacial score (nSPS) is 10.7. The molecule has 3 nitrogen and oxygen atoms in total. The third kappa shape index (κ3) is 2.48. The molecule has 94 valence electrons. The molecule has 7 heteroatoms. The van der Waals surface area contributed by atoms with E-state index in [2.05, 4.69) is 0 Å². The first-order valence-corrected chi connectivity index (χ1v) is 4.73. The second kappa shape index (κ2) is 5.03. The van der Waals surface area contributed by atoms with Gasteiger partial charge in [0.1, 0.15) is 11.5 Å². The van der Waals surface area contributed by atoms with E-state index in [1.54, 1.807) is 0 Å². The van der Waals surface area contributed by atoms with Crippen LogP contribution in [0.1, 0.15) is 6.92 Å². The molecule has 2 N–H and O–H groups in total. The molecule has 1 aromatic rings. The van der Waals surface area contributed by atoms with Crippen LogP contribution in [-0.4, -0.2) is 18.9 Å². The molecule has 1 aromatic carbocycles. The highest BCUT2D eigenvalue weighted by atomic mass is 19.3. The smallest absolute Gasteiger partial charge is 0.316 e. The highest BCUT2D eigenvalue weighted by molar-refractivity contribution is 5.96. The van der Waals surface area contributed by atoms with E-state index in [0.717, 1.165) is 12.1 Å². The summed E-state index contributed by atoms with van der Waals surface area (Å²) in [6.45, 7) is 1.03. The Morgan fingerprint density at radius 1 is 1.41 bits per heavy atom. The van der Waals surface area contributed by atoms with Gasteiger partial charge in [0.05, 0.1) is 5.69 Å². The van der Waals surface area contributed by atoms with Crippen molar-refractivity contribution in [1.29, 1.82) is 0 Å². The number of anilines is 2. The number of rotatable bonds is 3. The van der Waals surface area contributed by atoms with Crippen LogP contribution in [0.3, 0.4) is 0 Å². The topological polar surface area (TPSA) is 46.3 Å². The summed E-state index contributed by atoms with van der Waals surface area (Å²) in [6, 6.07) is 1.77. The van der Waals surface area contributed by atoms with E-state index in [4.69, 9.17) is 5.73 Å². The van der Waals surface area contributed by atoms with Crippen molar-refractivity contribution in [3.05, 3.63) is 23.8 Å². The summed E-state index contributed by atoms with van der Waals surface area (Å²) in [4.78, 5) is 11.4. The molecule has 1 amide bonds. The van der Waals surface area contributed by atoms with Crippen LogP contribution < -0.4 is 10.6 Å². The summed E-state index contributed by atoms with van der Waals surface area (Å²) in [6.07, 6.45) is -3.34. The first-order chi connectivity index (χ1) is 7.90. The zero-order chi connectivity index (χ0) is 13.2. The largest absolute Gasteiger partial charge is 0.396 e. The molecule has 0 spiro atoms.